The summed E-state index contributed by atoms with van der Waals surface area (Å²) in [6.07, 6.45) is 2.01. The van der Waals surface area contributed by atoms with Crippen molar-refractivity contribution >= 4 is 12.1 Å². The molecule has 5 heteroatoms. The minimum Gasteiger partial charge on any atom is -0.379 e. The van der Waals surface area contributed by atoms with Crippen molar-refractivity contribution in [3.8, 4) is 0 Å². The van der Waals surface area contributed by atoms with Crippen LogP contribution in [0.1, 0.15) is 17.2 Å². The SMILES string of the molecule is O=C1N/[N+](=C\c2ccccc2)[C@H](c2ccccc2)[C@H]1N1CCOCC1. The van der Waals surface area contributed by atoms with E-state index < -0.39 is 0 Å². The summed E-state index contributed by atoms with van der Waals surface area (Å²) >= 11 is 0. The number of nitrogens with zero attached hydrogens (tertiary/aromatic N) is 2. The average Bonchev–Trinajstić information content (AvgIpc) is 2.99. The van der Waals surface area contributed by atoms with Crippen molar-refractivity contribution in [2.24, 2.45) is 0 Å². The Balaban J connectivity index is 1.73. The van der Waals surface area contributed by atoms with Crippen LogP contribution in [0.5, 0.6) is 0 Å². The monoisotopic (exact) mass is 336 g/mol. The largest absolute Gasteiger partial charge is 0.379 e. The van der Waals surface area contributed by atoms with Gasteiger partial charge in [-0.25, -0.2) is 0 Å². The third kappa shape index (κ3) is 3.34. The Hall–Kier alpha value is -2.50. The molecule has 4 rings (SSSR count). The predicted molar refractivity (Wildman–Crippen MR) is 95.4 cm³/mol. The number of nitrogens with one attached hydrogen (secondary N) is 1. The second-order valence-corrected chi connectivity index (χ2v) is 6.37. The molecule has 2 saturated heterocycles. The molecule has 2 fully saturated rings. The fraction of sp³-hybridized carbons (Fsp3) is 0.300. The van der Waals surface area contributed by atoms with Crippen LogP contribution in [0.2, 0.25) is 0 Å². The highest BCUT2D eigenvalue weighted by Gasteiger charge is 2.50. The van der Waals surface area contributed by atoms with Gasteiger partial charge in [-0.05, 0) is 12.1 Å². The Kier molecular flexibility index (Phi) is 4.59. The molecule has 1 amide bonds. The first-order valence-corrected chi connectivity index (χ1v) is 8.68. The third-order valence-corrected chi connectivity index (χ3v) is 4.77. The predicted octanol–water partition coefficient (Wildman–Crippen LogP) is 1.60. The molecular weight excluding hydrogens is 314 g/mol. The van der Waals surface area contributed by atoms with Crippen LogP contribution in [0.25, 0.3) is 0 Å². The highest BCUT2D eigenvalue weighted by Crippen LogP contribution is 2.29. The number of hydrazone groups is 1. The van der Waals surface area contributed by atoms with Crippen LogP contribution in [-0.4, -0.2) is 54.1 Å². The van der Waals surface area contributed by atoms with Crippen molar-refractivity contribution < 1.29 is 14.2 Å². The van der Waals surface area contributed by atoms with Gasteiger partial charge in [0.1, 0.15) is 0 Å². The Bertz CT molecular complexity index is 755. The zero-order chi connectivity index (χ0) is 17.1. The second-order valence-electron chi connectivity index (χ2n) is 6.37. The molecule has 0 unspecified atom stereocenters. The van der Waals surface area contributed by atoms with Gasteiger partial charge >= 0.3 is 0 Å². The number of hydrogen-bond acceptors (Lipinski definition) is 3. The molecule has 2 heterocycles. The first-order chi connectivity index (χ1) is 12.3. The molecule has 2 aromatic carbocycles. The Morgan fingerprint density at radius 2 is 1.64 bits per heavy atom. The highest BCUT2D eigenvalue weighted by atomic mass is 16.5. The van der Waals surface area contributed by atoms with E-state index in [0.717, 1.165) is 24.2 Å². The lowest BCUT2D eigenvalue weighted by Crippen LogP contribution is -2.48. The van der Waals surface area contributed by atoms with Crippen molar-refractivity contribution in [1.29, 1.82) is 0 Å². The number of amides is 1. The average molecular weight is 336 g/mol. The van der Waals surface area contributed by atoms with E-state index in [1.54, 1.807) is 0 Å². The number of carbonyl (C=O) groups is 1. The lowest BCUT2D eigenvalue weighted by atomic mass is 9.98. The minimum absolute atomic E-state index is 0.0444. The zero-order valence-electron chi connectivity index (χ0n) is 14.0. The second kappa shape index (κ2) is 7.17. The maximum atomic E-state index is 12.8. The maximum absolute atomic E-state index is 12.8. The Morgan fingerprint density at radius 1 is 1.00 bits per heavy atom. The lowest BCUT2D eigenvalue weighted by molar-refractivity contribution is -0.598. The van der Waals surface area contributed by atoms with E-state index in [1.165, 1.54) is 0 Å². The Labute approximate surface area is 147 Å². The highest BCUT2D eigenvalue weighted by molar-refractivity contribution is 5.85. The molecule has 2 aliphatic heterocycles. The Morgan fingerprint density at radius 3 is 2.32 bits per heavy atom. The smallest absolute Gasteiger partial charge is 0.298 e. The van der Waals surface area contributed by atoms with Gasteiger partial charge in [0.15, 0.2) is 6.04 Å². The molecule has 2 aromatic rings. The summed E-state index contributed by atoms with van der Waals surface area (Å²) in [5.74, 6) is 0.0444. The molecule has 0 aliphatic carbocycles. The van der Waals surface area contributed by atoms with Crippen LogP contribution in [0.4, 0.5) is 0 Å². The van der Waals surface area contributed by atoms with Gasteiger partial charge in [0.2, 0.25) is 12.3 Å². The quantitative estimate of drug-likeness (QED) is 0.866. The summed E-state index contributed by atoms with van der Waals surface area (Å²) in [5, 5.41) is 0. The third-order valence-electron chi connectivity index (χ3n) is 4.77. The molecule has 5 nitrogen and oxygen atoms in total. The topological polar surface area (TPSA) is 44.6 Å². The maximum Gasteiger partial charge on any atom is 0.298 e. The van der Waals surface area contributed by atoms with E-state index in [0.29, 0.717) is 13.2 Å². The number of benzene rings is 2. The van der Waals surface area contributed by atoms with Crippen molar-refractivity contribution in [3.05, 3.63) is 71.8 Å². The lowest BCUT2D eigenvalue weighted by Gasteiger charge is -2.30. The number of morpholine rings is 1. The van der Waals surface area contributed by atoms with Crippen molar-refractivity contribution in [1.82, 2.24) is 10.3 Å². The van der Waals surface area contributed by atoms with Crippen LogP contribution in [0.15, 0.2) is 60.7 Å². The van der Waals surface area contributed by atoms with Gasteiger partial charge in [0.05, 0.1) is 13.2 Å². The molecule has 0 saturated carbocycles. The van der Waals surface area contributed by atoms with Gasteiger partial charge in [-0.1, -0.05) is 48.5 Å². The number of hydrogen-bond donors (Lipinski definition) is 1. The van der Waals surface area contributed by atoms with Gasteiger partial charge in [-0.2, -0.15) is 0 Å². The van der Waals surface area contributed by atoms with Gasteiger partial charge in [-0.3, -0.25) is 9.69 Å². The summed E-state index contributed by atoms with van der Waals surface area (Å²) < 4.78 is 7.41. The van der Waals surface area contributed by atoms with E-state index >= 15 is 0 Å². The van der Waals surface area contributed by atoms with E-state index in [4.69, 9.17) is 4.74 Å². The van der Waals surface area contributed by atoms with E-state index in [9.17, 15) is 4.79 Å². The summed E-state index contributed by atoms with van der Waals surface area (Å²) in [6, 6.07) is 20.0. The van der Waals surface area contributed by atoms with Crippen LogP contribution in [-0.2, 0) is 9.53 Å². The molecule has 0 radical (unpaired) electrons. The van der Waals surface area contributed by atoms with Crippen LogP contribution >= 0.6 is 0 Å². The van der Waals surface area contributed by atoms with Gasteiger partial charge < -0.3 is 4.74 Å². The molecule has 0 aromatic heterocycles. The fourth-order valence-electron chi connectivity index (χ4n) is 3.58. The molecule has 0 spiro atoms. The van der Waals surface area contributed by atoms with Gasteiger partial charge in [0.25, 0.3) is 5.91 Å². The molecule has 2 atom stereocenters. The summed E-state index contributed by atoms with van der Waals surface area (Å²) in [5.41, 5.74) is 5.25. The van der Waals surface area contributed by atoms with E-state index in [-0.39, 0.29) is 18.0 Å². The molecule has 2 aliphatic rings. The number of rotatable bonds is 3. The van der Waals surface area contributed by atoms with Crippen LogP contribution in [0.3, 0.4) is 0 Å². The normalized spacial score (nSPS) is 25.9. The molecule has 25 heavy (non-hydrogen) atoms. The van der Waals surface area contributed by atoms with Crippen molar-refractivity contribution in [3.63, 3.8) is 0 Å². The van der Waals surface area contributed by atoms with Crippen molar-refractivity contribution in [2.75, 3.05) is 26.3 Å². The molecule has 0 bridgehead atoms. The number of carbonyl (C=O) groups excluding carboxylic acids is 1. The summed E-state index contributed by atoms with van der Waals surface area (Å²) in [7, 11) is 0. The first-order valence-electron chi connectivity index (χ1n) is 8.68. The molecule has 128 valence electrons. The zero-order valence-corrected chi connectivity index (χ0v) is 14.0. The summed E-state index contributed by atoms with van der Waals surface area (Å²) in [6.45, 7) is 2.91. The van der Waals surface area contributed by atoms with Crippen molar-refractivity contribution in [2.45, 2.75) is 12.1 Å². The van der Waals surface area contributed by atoms with Crippen LogP contribution in [0, 0.1) is 0 Å². The minimum atomic E-state index is -0.216. The standard InChI is InChI=1S/C20H21N3O2/c24-20-19(22-11-13-25-14-12-22)18(17-9-5-2-6-10-17)23(21-20)15-16-7-3-1-4-8-16/h1-10,15,18-19H,11-14H2/p+1/b23-15-/t18-,19-/m1/s1. The van der Waals surface area contributed by atoms with E-state index in [2.05, 4.69) is 22.5 Å². The van der Waals surface area contributed by atoms with Gasteiger partial charge in [0, 0.05) is 24.2 Å². The fourth-order valence-corrected chi connectivity index (χ4v) is 3.58. The first kappa shape index (κ1) is 16.0. The number of hydrazine groups is 1. The van der Waals surface area contributed by atoms with Crippen LogP contribution < -0.4 is 5.43 Å². The summed E-state index contributed by atoms with van der Waals surface area (Å²) in [4.78, 5) is 15.0. The molecule has 1 N–H and O–H groups in total. The van der Waals surface area contributed by atoms with E-state index in [1.807, 2.05) is 59.4 Å². The molecular formula is C20H22N3O2+. The number of ether oxygens (including phenoxy) is 1. The van der Waals surface area contributed by atoms with Gasteiger partial charge in [-0.15, -0.1) is 10.1 Å².